The number of benzene rings is 3. The lowest BCUT2D eigenvalue weighted by molar-refractivity contribution is 0.943. The van der Waals surface area contributed by atoms with Crippen molar-refractivity contribution < 1.29 is 0 Å². The zero-order valence-corrected chi connectivity index (χ0v) is 19.4. The Morgan fingerprint density at radius 3 is 2.60 bits per heavy atom. The molecule has 0 bridgehead atoms. The maximum atomic E-state index is 13.4. The molecule has 2 aromatic heterocycles. The van der Waals surface area contributed by atoms with E-state index in [0.29, 0.717) is 16.7 Å². The van der Waals surface area contributed by atoms with Crippen LogP contribution in [0.1, 0.15) is 11.4 Å². The number of H-pyrrole nitrogens is 1. The molecule has 0 spiro atoms. The van der Waals surface area contributed by atoms with Crippen molar-refractivity contribution in [3.8, 4) is 5.69 Å². The Hall–Kier alpha value is -2.71. The molecule has 0 aliphatic carbocycles. The van der Waals surface area contributed by atoms with Crippen LogP contribution in [0, 0.1) is 3.57 Å². The molecule has 1 N–H and O–H groups in total. The first-order chi connectivity index (χ1) is 14.6. The molecule has 146 valence electrons. The number of aromatic amines is 1. The molecule has 0 unspecified atom stereocenters. The topological polar surface area (TPSA) is 50.7 Å². The lowest BCUT2D eigenvalue weighted by atomic mass is 10.1. The number of hydrogen-bond donors (Lipinski definition) is 1. The fourth-order valence-corrected chi connectivity index (χ4v) is 4.28. The van der Waals surface area contributed by atoms with E-state index in [0.717, 1.165) is 30.2 Å². The van der Waals surface area contributed by atoms with Crippen molar-refractivity contribution in [2.24, 2.45) is 0 Å². The van der Waals surface area contributed by atoms with Crippen LogP contribution in [0.15, 0.2) is 82.2 Å². The van der Waals surface area contributed by atoms with Crippen LogP contribution in [-0.2, 0) is 0 Å². The molecule has 0 fully saturated rings. The second-order valence-electron chi connectivity index (χ2n) is 6.87. The molecule has 6 heteroatoms. The Labute approximate surface area is 194 Å². The summed E-state index contributed by atoms with van der Waals surface area (Å²) in [5, 5.41) is 1.73. The summed E-state index contributed by atoms with van der Waals surface area (Å²) in [6, 6.07) is 21.6. The highest BCUT2D eigenvalue weighted by molar-refractivity contribution is 14.1. The summed E-state index contributed by atoms with van der Waals surface area (Å²) < 4.78 is 3.62. The van der Waals surface area contributed by atoms with Crippen LogP contribution in [0.3, 0.4) is 0 Å². The number of hydrogen-bond acceptors (Lipinski definition) is 2. The van der Waals surface area contributed by atoms with E-state index in [1.165, 1.54) is 0 Å². The standard InChI is InChI=1S/C24H15BrIN3O/c25-16-6-9-18(10-7-16)29-23(28-22-11-8-17(26)13-20(22)24(29)30)12-5-15-14-27-21-4-2-1-3-19(15)21/h1-14,27H/b12-5+. The van der Waals surface area contributed by atoms with Gasteiger partial charge in [0.15, 0.2) is 0 Å². The van der Waals surface area contributed by atoms with Gasteiger partial charge in [0, 0.05) is 25.1 Å². The maximum absolute atomic E-state index is 13.4. The number of aromatic nitrogens is 3. The fraction of sp³-hybridized carbons (Fsp3) is 0. The maximum Gasteiger partial charge on any atom is 0.266 e. The van der Waals surface area contributed by atoms with Gasteiger partial charge in [-0.2, -0.15) is 0 Å². The number of nitrogens with zero attached hydrogens (tertiary/aromatic N) is 2. The summed E-state index contributed by atoms with van der Waals surface area (Å²) in [6.45, 7) is 0. The average Bonchev–Trinajstić information content (AvgIpc) is 3.17. The summed E-state index contributed by atoms with van der Waals surface area (Å²) in [6.07, 6.45) is 5.86. The van der Waals surface area contributed by atoms with Crippen molar-refractivity contribution in [1.29, 1.82) is 0 Å². The van der Waals surface area contributed by atoms with Gasteiger partial charge in [0.1, 0.15) is 5.82 Å². The van der Waals surface area contributed by atoms with Crippen LogP contribution in [0.2, 0.25) is 0 Å². The fourth-order valence-electron chi connectivity index (χ4n) is 3.52. The van der Waals surface area contributed by atoms with E-state index in [1.807, 2.05) is 79.0 Å². The van der Waals surface area contributed by atoms with Crippen LogP contribution in [0.4, 0.5) is 0 Å². The molecular weight excluding hydrogens is 553 g/mol. The van der Waals surface area contributed by atoms with Gasteiger partial charge in [0.2, 0.25) is 0 Å². The van der Waals surface area contributed by atoms with Crippen molar-refractivity contribution in [3.05, 3.63) is 103 Å². The highest BCUT2D eigenvalue weighted by Gasteiger charge is 2.12. The minimum Gasteiger partial charge on any atom is -0.361 e. The minimum atomic E-state index is -0.0839. The molecular formula is C24H15BrIN3O. The van der Waals surface area contributed by atoms with E-state index in [1.54, 1.807) is 4.57 Å². The Balaban J connectivity index is 1.73. The van der Waals surface area contributed by atoms with Gasteiger partial charge in [-0.3, -0.25) is 9.36 Å². The number of halogens is 2. The summed E-state index contributed by atoms with van der Waals surface area (Å²) >= 11 is 5.68. The van der Waals surface area contributed by atoms with Gasteiger partial charge in [-0.25, -0.2) is 4.98 Å². The van der Waals surface area contributed by atoms with Crippen LogP contribution < -0.4 is 5.56 Å². The van der Waals surface area contributed by atoms with E-state index in [4.69, 9.17) is 4.98 Å². The quantitative estimate of drug-likeness (QED) is 0.256. The van der Waals surface area contributed by atoms with Gasteiger partial charge in [-0.1, -0.05) is 34.1 Å². The third-order valence-electron chi connectivity index (χ3n) is 4.97. The molecule has 30 heavy (non-hydrogen) atoms. The molecule has 2 heterocycles. The Morgan fingerprint density at radius 2 is 1.77 bits per heavy atom. The molecule has 0 aliphatic rings. The van der Waals surface area contributed by atoms with Crippen molar-refractivity contribution in [2.45, 2.75) is 0 Å². The molecule has 0 aliphatic heterocycles. The zero-order chi connectivity index (χ0) is 20.7. The third-order valence-corrected chi connectivity index (χ3v) is 6.17. The van der Waals surface area contributed by atoms with E-state index in [2.05, 4.69) is 49.6 Å². The van der Waals surface area contributed by atoms with Gasteiger partial charge in [0.05, 0.1) is 16.6 Å². The van der Waals surface area contributed by atoms with Crippen LogP contribution in [-0.4, -0.2) is 14.5 Å². The zero-order valence-electron chi connectivity index (χ0n) is 15.6. The van der Waals surface area contributed by atoms with Crippen LogP contribution in [0.5, 0.6) is 0 Å². The smallest absolute Gasteiger partial charge is 0.266 e. The molecule has 5 aromatic rings. The van der Waals surface area contributed by atoms with Crippen molar-refractivity contribution in [2.75, 3.05) is 0 Å². The lowest BCUT2D eigenvalue weighted by Crippen LogP contribution is -2.22. The van der Waals surface area contributed by atoms with Gasteiger partial charge in [-0.15, -0.1) is 0 Å². The van der Waals surface area contributed by atoms with E-state index < -0.39 is 0 Å². The van der Waals surface area contributed by atoms with E-state index in [9.17, 15) is 4.79 Å². The third kappa shape index (κ3) is 3.50. The molecule has 3 aromatic carbocycles. The van der Waals surface area contributed by atoms with Crippen molar-refractivity contribution in [1.82, 2.24) is 14.5 Å². The number of fused-ring (bicyclic) bond motifs is 2. The first-order valence-electron chi connectivity index (χ1n) is 9.32. The highest BCUT2D eigenvalue weighted by atomic mass is 127. The number of rotatable bonds is 3. The lowest BCUT2D eigenvalue weighted by Gasteiger charge is -2.12. The Morgan fingerprint density at radius 1 is 0.967 bits per heavy atom. The first-order valence-corrected chi connectivity index (χ1v) is 11.2. The van der Waals surface area contributed by atoms with Gasteiger partial charge < -0.3 is 4.98 Å². The monoisotopic (exact) mass is 567 g/mol. The van der Waals surface area contributed by atoms with E-state index in [-0.39, 0.29) is 5.56 Å². The summed E-state index contributed by atoms with van der Waals surface area (Å²) in [5.74, 6) is 0.585. The molecule has 0 amide bonds. The molecule has 0 atom stereocenters. The van der Waals surface area contributed by atoms with Crippen LogP contribution in [0.25, 0.3) is 39.6 Å². The highest BCUT2D eigenvalue weighted by Crippen LogP contribution is 2.22. The second kappa shape index (κ2) is 7.85. The normalized spacial score (nSPS) is 11.7. The Bertz CT molecular complexity index is 1480. The summed E-state index contributed by atoms with van der Waals surface area (Å²) in [5.41, 5.74) is 3.50. The predicted molar refractivity (Wildman–Crippen MR) is 135 cm³/mol. The molecule has 0 saturated heterocycles. The minimum absolute atomic E-state index is 0.0839. The van der Waals surface area contributed by atoms with Gasteiger partial charge >= 0.3 is 0 Å². The van der Waals surface area contributed by atoms with Gasteiger partial charge in [-0.05, 0) is 88.8 Å². The first kappa shape index (κ1) is 19.3. The van der Waals surface area contributed by atoms with Crippen LogP contribution >= 0.6 is 38.5 Å². The van der Waals surface area contributed by atoms with Crippen molar-refractivity contribution >= 4 is 72.5 Å². The van der Waals surface area contributed by atoms with Crippen molar-refractivity contribution in [3.63, 3.8) is 0 Å². The number of nitrogens with one attached hydrogen (secondary N) is 1. The second-order valence-corrected chi connectivity index (χ2v) is 9.03. The van der Waals surface area contributed by atoms with Gasteiger partial charge in [0.25, 0.3) is 5.56 Å². The predicted octanol–water partition coefficient (Wildman–Crippen LogP) is 6.40. The largest absolute Gasteiger partial charge is 0.361 e. The average molecular weight is 568 g/mol. The summed E-state index contributed by atoms with van der Waals surface area (Å²) in [4.78, 5) is 21.5. The molecule has 5 rings (SSSR count). The molecule has 0 radical (unpaired) electrons. The van der Waals surface area contributed by atoms with E-state index >= 15 is 0 Å². The SMILES string of the molecule is O=c1c2cc(I)ccc2nc(/C=C/c2c[nH]c3ccccc23)n1-c1ccc(Br)cc1. The molecule has 4 nitrogen and oxygen atoms in total. The number of para-hydroxylation sites is 1. The Kier molecular flexibility index (Phi) is 5.04. The summed E-state index contributed by atoms with van der Waals surface area (Å²) in [7, 11) is 0. The molecule has 0 saturated carbocycles.